The van der Waals surface area contributed by atoms with Crippen LogP contribution in [-0.2, 0) is 4.74 Å². The minimum Gasteiger partial charge on any atom is -0.465 e. The maximum atomic E-state index is 13.0. The number of benzene rings is 1. The van der Waals surface area contributed by atoms with E-state index < -0.39 is 36.9 Å². The number of hydrogen-bond donors (Lipinski definition) is 2. The monoisotopic (exact) mass is 387 g/mol. The molecule has 0 aromatic heterocycles. The molecular formula is C14H14Cl2F3NO4. The Morgan fingerprint density at radius 1 is 1.33 bits per heavy atom. The van der Waals surface area contributed by atoms with Gasteiger partial charge in [0.05, 0.1) is 22.8 Å². The molecule has 1 heterocycles. The highest BCUT2D eigenvalue weighted by Crippen LogP contribution is 2.39. The summed E-state index contributed by atoms with van der Waals surface area (Å²) in [6.07, 6.45) is -10.2. The fourth-order valence-corrected chi connectivity index (χ4v) is 2.88. The van der Waals surface area contributed by atoms with Gasteiger partial charge in [-0.15, -0.1) is 0 Å². The molecule has 1 amide bonds. The fraction of sp³-hybridized carbons (Fsp3) is 0.500. The van der Waals surface area contributed by atoms with E-state index in [0.29, 0.717) is 0 Å². The third kappa shape index (κ3) is 4.24. The molecule has 2 rings (SSSR count). The summed E-state index contributed by atoms with van der Waals surface area (Å²) in [5, 5.41) is 19.1. The van der Waals surface area contributed by atoms with Gasteiger partial charge in [0.2, 0.25) is 0 Å². The van der Waals surface area contributed by atoms with Crippen LogP contribution in [0.5, 0.6) is 0 Å². The van der Waals surface area contributed by atoms with Crippen molar-refractivity contribution in [2.24, 2.45) is 5.92 Å². The topological polar surface area (TPSA) is 70.0 Å². The number of nitrogens with zero attached hydrogens (tertiary/aromatic N) is 1. The van der Waals surface area contributed by atoms with Crippen molar-refractivity contribution < 1.29 is 32.9 Å². The number of aliphatic hydroxyl groups is 1. The number of hydrogen-bond acceptors (Lipinski definition) is 3. The number of rotatable bonds is 2. The van der Waals surface area contributed by atoms with Crippen molar-refractivity contribution in [3.05, 3.63) is 33.8 Å². The van der Waals surface area contributed by atoms with Gasteiger partial charge in [-0.1, -0.05) is 29.3 Å². The van der Waals surface area contributed by atoms with Crippen LogP contribution in [0, 0.1) is 5.92 Å². The lowest BCUT2D eigenvalue weighted by molar-refractivity contribution is -0.230. The van der Waals surface area contributed by atoms with E-state index in [4.69, 9.17) is 33.0 Å². The molecule has 0 spiro atoms. The van der Waals surface area contributed by atoms with Crippen molar-refractivity contribution in [2.45, 2.75) is 18.4 Å². The van der Waals surface area contributed by atoms with Crippen molar-refractivity contribution >= 4 is 29.3 Å². The van der Waals surface area contributed by atoms with Crippen LogP contribution in [0.1, 0.15) is 11.7 Å². The van der Waals surface area contributed by atoms with Gasteiger partial charge in [-0.25, -0.2) is 4.79 Å². The van der Waals surface area contributed by atoms with Gasteiger partial charge < -0.3 is 19.8 Å². The number of amides is 1. The zero-order chi connectivity index (χ0) is 18.1. The molecule has 3 atom stereocenters. The van der Waals surface area contributed by atoms with Gasteiger partial charge in [-0.3, -0.25) is 0 Å². The van der Waals surface area contributed by atoms with Crippen LogP contribution in [0.2, 0.25) is 10.0 Å². The molecule has 1 unspecified atom stereocenters. The summed E-state index contributed by atoms with van der Waals surface area (Å²) in [5.41, 5.74) is 0.282. The second kappa shape index (κ2) is 7.35. The highest BCUT2D eigenvalue weighted by atomic mass is 35.5. The van der Waals surface area contributed by atoms with E-state index in [1.54, 1.807) is 0 Å². The molecule has 1 fully saturated rings. The van der Waals surface area contributed by atoms with Gasteiger partial charge in [0, 0.05) is 19.0 Å². The molecule has 134 valence electrons. The lowest BCUT2D eigenvalue weighted by Gasteiger charge is -2.31. The minimum absolute atomic E-state index is 0.103. The van der Waals surface area contributed by atoms with Gasteiger partial charge >= 0.3 is 12.3 Å². The quantitative estimate of drug-likeness (QED) is 0.813. The van der Waals surface area contributed by atoms with Crippen LogP contribution in [0.25, 0.3) is 0 Å². The Labute approximate surface area is 145 Å². The van der Waals surface area contributed by atoms with E-state index >= 15 is 0 Å². The Bertz CT molecular complexity index is 614. The molecular weight excluding hydrogens is 374 g/mol. The van der Waals surface area contributed by atoms with Crippen LogP contribution in [0.3, 0.4) is 0 Å². The third-order valence-electron chi connectivity index (χ3n) is 3.76. The molecule has 24 heavy (non-hydrogen) atoms. The minimum atomic E-state index is -4.92. The maximum Gasteiger partial charge on any atom is 0.414 e. The normalized spacial score (nSPS) is 23.7. The SMILES string of the molecule is O=C(O)N1CCO[C@@H](c2ccc(Cl)c(Cl)c2)[C@H](C(O)C(F)(F)F)C1. The summed E-state index contributed by atoms with van der Waals surface area (Å²) >= 11 is 11.7. The smallest absolute Gasteiger partial charge is 0.414 e. The summed E-state index contributed by atoms with van der Waals surface area (Å²) in [4.78, 5) is 11.9. The first-order chi connectivity index (χ1) is 11.1. The largest absolute Gasteiger partial charge is 0.465 e. The fourth-order valence-electron chi connectivity index (χ4n) is 2.57. The van der Waals surface area contributed by atoms with Gasteiger partial charge in [0.15, 0.2) is 6.10 Å². The molecule has 2 N–H and O–H groups in total. The highest BCUT2D eigenvalue weighted by molar-refractivity contribution is 6.42. The molecule has 5 nitrogen and oxygen atoms in total. The zero-order valence-electron chi connectivity index (χ0n) is 12.1. The standard InChI is InChI=1S/C14H14Cl2F3NO4/c15-9-2-1-7(5-10(9)16)11-8(12(21)14(17,18)19)6-20(13(22)23)3-4-24-11/h1-2,5,8,11-12,21H,3-4,6H2,(H,22,23)/t8-,11+,12?/m1/s1. The molecule has 1 saturated heterocycles. The second-order valence-electron chi connectivity index (χ2n) is 5.34. The van der Waals surface area contributed by atoms with Gasteiger partial charge in [-0.2, -0.15) is 13.2 Å². The number of aliphatic hydroxyl groups excluding tert-OH is 1. The molecule has 1 aliphatic heterocycles. The summed E-state index contributed by atoms with van der Waals surface area (Å²) < 4.78 is 44.5. The average Bonchev–Trinajstić information content (AvgIpc) is 2.71. The van der Waals surface area contributed by atoms with E-state index in [1.165, 1.54) is 18.2 Å². The summed E-state index contributed by atoms with van der Waals surface area (Å²) in [7, 11) is 0. The van der Waals surface area contributed by atoms with Crippen LogP contribution in [-0.4, -0.2) is 53.2 Å². The predicted molar refractivity (Wildman–Crippen MR) is 80.3 cm³/mol. The van der Waals surface area contributed by atoms with Crippen LogP contribution < -0.4 is 0 Å². The van der Waals surface area contributed by atoms with E-state index in [-0.39, 0.29) is 28.8 Å². The first-order valence-electron chi connectivity index (χ1n) is 6.90. The molecule has 0 saturated carbocycles. The summed E-state index contributed by atoms with van der Waals surface area (Å²) in [5.74, 6) is -1.54. The van der Waals surface area contributed by atoms with Crippen LogP contribution >= 0.6 is 23.2 Å². The van der Waals surface area contributed by atoms with Gasteiger partial charge in [-0.05, 0) is 17.7 Å². The number of carboxylic acid groups (broad SMARTS) is 1. The van der Waals surface area contributed by atoms with Crippen LogP contribution in [0.15, 0.2) is 18.2 Å². The first-order valence-corrected chi connectivity index (χ1v) is 7.66. The maximum absolute atomic E-state index is 13.0. The highest BCUT2D eigenvalue weighted by Gasteiger charge is 2.48. The van der Waals surface area contributed by atoms with Gasteiger partial charge in [0.1, 0.15) is 0 Å². The average molecular weight is 388 g/mol. The van der Waals surface area contributed by atoms with E-state index in [2.05, 4.69) is 0 Å². The Balaban J connectivity index is 2.40. The number of alkyl halides is 3. The van der Waals surface area contributed by atoms with Crippen molar-refractivity contribution in [1.29, 1.82) is 0 Å². The molecule has 1 aromatic carbocycles. The lowest BCUT2D eigenvalue weighted by atomic mass is 9.90. The third-order valence-corrected chi connectivity index (χ3v) is 4.50. The van der Waals surface area contributed by atoms with Crippen molar-refractivity contribution in [1.82, 2.24) is 4.90 Å². The molecule has 10 heteroatoms. The molecule has 0 bridgehead atoms. The number of halogens is 5. The summed E-state index contributed by atoms with van der Waals surface area (Å²) in [6.45, 7) is -0.743. The Hall–Kier alpha value is -1.22. The van der Waals surface area contributed by atoms with Crippen LogP contribution in [0.4, 0.5) is 18.0 Å². The molecule has 1 aliphatic rings. The molecule has 1 aromatic rings. The van der Waals surface area contributed by atoms with Crippen molar-refractivity contribution in [3.8, 4) is 0 Å². The van der Waals surface area contributed by atoms with E-state index in [9.17, 15) is 23.1 Å². The first kappa shape index (κ1) is 19.1. The zero-order valence-corrected chi connectivity index (χ0v) is 13.6. The Kier molecular flexibility index (Phi) is 5.85. The number of ether oxygens (including phenoxy) is 1. The van der Waals surface area contributed by atoms with E-state index in [0.717, 1.165) is 4.90 Å². The van der Waals surface area contributed by atoms with E-state index in [1.807, 2.05) is 0 Å². The second-order valence-corrected chi connectivity index (χ2v) is 6.16. The summed E-state index contributed by atoms with van der Waals surface area (Å²) in [6, 6.07) is 4.19. The molecule has 0 radical (unpaired) electrons. The predicted octanol–water partition coefficient (Wildman–Crippen LogP) is 3.58. The van der Waals surface area contributed by atoms with Gasteiger partial charge in [0.25, 0.3) is 0 Å². The Morgan fingerprint density at radius 3 is 2.54 bits per heavy atom. The van der Waals surface area contributed by atoms with Crippen molar-refractivity contribution in [2.75, 3.05) is 19.7 Å². The van der Waals surface area contributed by atoms with Crippen molar-refractivity contribution in [3.63, 3.8) is 0 Å². The Morgan fingerprint density at radius 2 is 2.00 bits per heavy atom. The lowest BCUT2D eigenvalue weighted by Crippen LogP contribution is -2.45. The number of carbonyl (C=O) groups is 1. The molecule has 0 aliphatic carbocycles.